The van der Waals surface area contributed by atoms with Crippen LogP contribution in [0.1, 0.15) is 19.8 Å². The molecular weight excluding hydrogens is 209 g/mol. The number of ether oxygens (including phenoxy) is 2. The van der Waals surface area contributed by atoms with Crippen LogP contribution in [0.4, 0.5) is 10.1 Å². The zero-order valence-electron chi connectivity index (χ0n) is 9.28. The van der Waals surface area contributed by atoms with Crippen LogP contribution in [0.15, 0.2) is 18.2 Å². The van der Waals surface area contributed by atoms with E-state index in [1.165, 1.54) is 6.07 Å². The molecule has 1 aliphatic heterocycles. The molecule has 2 N–H and O–H groups in total. The summed E-state index contributed by atoms with van der Waals surface area (Å²) in [6.45, 7) is 2.38. The molecule has 1 saturated heterocycles. The number of rotatable bonds is 3. The standard InChI is InChI=1S/C12H16FNO2/c1-8-5-6-9(16-8)7-15-12-10(13)3-2-4-11(12)14/h2-4,8-9H,5-7,14H2,1H3. The molecule has 0 aliphatic carbocycles. The summed E-state index contributed by atoms with van der Waals surface area (Å²) in [5, 5.41) is 0. The third-order valence-corrected chi connectivity index (χ3v) is 2.73. The topological polar surface area (TPSA) is 44.5 Å². The van der Waals surface area contributed by atoms with Crippen LogP contribution < -0.4 is 10.5 Å². The van der Waals surface area contributed by atoms with E-state index >= 15 is 0 Å². The van der Waals surface area contributed by atoms with Crippen LogP contribution in [-0.4, -0.2) is 18.8 Å². The number of hydrogen-bond acceptors (Lipinski definition) is 3. The van der Waals surface area contributed by atoms with Crippen molar-refractivity contribution in [1.82, 2.24) is 0 Å². The van der Waals surface area contributed by atoms with Crippen molar-refractivity contribution in [3.8, 4) is 5.75 Å². The van der Waals surface area contributed by atoms with Crippen molar-refractivity contribution >= 4 is 5.69 Å². The second-order valence-corrected chi connectivity index (χ2v) is 4.12. The van der Waals surface area contributed by atoms with Gasteiger partial charge in [-0.3, -0.25) is 0 Å². The van der Waals surface area contributed by atoms with E-state index in [0.29, 0.717) is 12.3 Å². The molecule has 0 radical (unpaired) electrons. The van der Waals surface area contributed by atoms with Crippen molar-refractivity contribution in [3.63, 3.8) is 0 Å². The van der Waals surface area contributed by atoms with Gasteiger partial charge < -0.3 is 15.2 Å². The number of benzene rings is 1. The van der Waals surface area contributed by atoms with E-state index in [1.54, 1.807) is 12.1 Å². The summed E-state index contributed by atoms with van der Waals surface area (Å²) in [6.07, 6.45) is 2.30. The zero-order chi connectivity index (χ0) is 11.5. The van der Waals surface area contributed by atoms with Crippen molar-refractivity contribution in [2.75, 3.05) is 12.3 Å². The Kier molecular flexibility index (Phi) is 3.29. The molecule has 2 rings (SSSR count). The largest absolute Gasteiger partial charge is 0.486 e. The van der Waals surface area contributed by atoms with Crippen molar-refractivity contribution in [1.29, 1.82) is 0 Å². The fourth-order valence-corrected chi connectivity index (χ4v) is 1.86. The van der Waals surface area contributed by atoms with Crippen LogP contribution in [0.5, 0.6) is 5.75 Å². The molecule has 1 aromatic rings. The van der Waals surface area contributed by atoms with Crippen molar-refractivity contribution in [3.05, 3.63) is 24.0 Å². The van der Waals surface area contributed by atoms with E-state index < -0.39 is 5.82 Å². The van der Waals surface area contributed by atoms with Gasteiger partial charge in [-0.15, -0.1) is 0 Å². The molecule has 0 spiro atoms. The molecule has 0 amide bonds. The highest BCUT2D eigenvalue weighted by molar-refractivity contribution is 5.52. The smallest absolute Gasteiger partial charge is 0.177 e. The minimum atomic E-state index is -0.425. The van der Waals surface area contributed by atoms with E-state index in [0.717, 1.165) is 12.8 Å². The van der Waals surface area contributed by atoms with Gasteiger partial charge in [0.15, 0.2) is 11.6 Å². The Morgan fingerprint density at radius 2 is 2.31 bits per heavy atom. The molecular formula is C12H16FNO2. The van der Waals surface area contributed by atoms with E-state index in [-0.39, 0.29) is 18.0 Å². The molecule has 88 valence electrons. The average Bonchev–Trinajstić information content (AvgIpc) is 2.63. The number of nitrogen functional groups attached to an aromatic ring is 1. The second-order valence-electron chi connectivity index (χ2n) is 4.12. The summed E-state index contributed by atoms with van der Waals surface area (Å²) in [6, 6.07) is 4.52. The summed E-state index contributed by atoms with van der Waals surface area (Å²) in [5.41, 5.74) is 5.95. The quantitative estimate of drug-likeness (QED) is 0.803. The lowest BCUT2D eigenvalue weighted by Crippen LogP contribution is -2.18. The van der Waals surface area contributed by atoms with Crippen LogP contribution in [0, 0.1) is 5.82 Å². The van der Waals surface area contributed by atoms with Gasteiger partial charge in [-0.25, -0.2) is 4.39 Å². The third-order valence-electron chi connectivity index (χ3n) is 2.73. The summed E-state index contributed by atoms with van der Waals surface area (Å²) in [4.78, 5) is 0. The van der Waals surface area contributed by atoms with Gasteiger partial charge in [0, 0.05) is 0 Å². The fraction of sp³-hybridized carbons (Fsp3) is 0.500. The minimum Gasteiger partial charge on any atom is -0.486 e. The SMILES string of the molecule is CC1CCC(COc2c(N)cccc2F)O1. The number of hydrogen-bond donors (Lipinski definition) is 1. The predicted octanol–water partition coefficient (Wildman–Crippen LogP) is 2.35. The lowest BCUT2D eigenvalue weighted by Gasteiger charge is -2.14. The van der Waals surface area contributed by atoms with Crippen LogP contribution in [0.2, 0.25) is 0 Å². The third kappa shape index (κ3) is 2.44. The predicted molar refractivity (Wildman–Crippen MR) is 59.9 cm³/mol. The number of halogens is 1. The molecule has 0 saturated carbocycles. The summed E-state index contributed by atoms with van der Waals surface area (Å²) < 4.78 is 24.3. The highest BCUT2D eigenvalue weighted by Crippen LogP contribution is 2.26. The normalized spacial score (nSPS) is 24.6. The highest BCUT2D eigenvalue weighted by atomic mass is 19.1. The summed E-state index contributed by atoms with van der Waals surface area (Å²) >= 11 is 0. The Morgan fingerprint density at radius 1 is 1.50 bits per heavy atom. The van der Waals surface area contributed by atoms with Crippen LogP contribution >= 0.6 is 0 Å². The molecule has 4 heteroatoms. The highest BCUT2D eigenvalue weighted by Gasteiger charge is 2.22. The van der Waals surface area contributed by atoms with Gasteiger partial charge in [-0.05, 0) is 31.9 Å². The fourth-order valence-electron chi connectivity index (χ4n) is 1.86. The molecule has 2 unspecified atom stereocenters. The van der Waals surface area contributed by atoms with Gasteiger partial charge >= 0.3 is 0 Å². The minimum absolute atomic E-state index is 0.0500. The first-order valence-electron chi connectivity index (χ1n) is 5.49. The number of para-hydroxylation sites is 1. The Bertz CT molecular complexity index is 350. The van der Waals surface area contributed by atoms with Gasteiger partial charge in [0.1, 0.15) is 6.61 Å². The van der Waals surface area contributed by atoms with Gasteiger partial charge in [0.05, 0.1) is 17.9 Å². The Morgan fingerprint density at radius 3 is 2.94 bits per heavy atom. The molecule has 1 fully saturated rings. The number of anilines is 1. The monoisotopic (exact) mass is 225 g/mol. The van der Waals surface area contributed by atoms with Crippen molar-refractivity contribution < 1.29 is 13.9 Å². The zero-order valence-corrected chi connectivity index (χ0v) is 9.28. The Hall–Kier alpha value is -1.29. The summed E-state index contributed by atoms with van der Waals surface area (Å²) in [5.74, 6) is -0.295. The van der Waals surface area contributed by atoms with Crippen LogP contribution in [-0.2, 0) is 4.74 Å². The Balaban J connectivity index is 1.94. The first-order chi connectivity index (χ1) is 7.66. The lowest BCUT2D eigenvalue weighted by atomic mass is 10.2. The maximum atomic E-state index is 13.4. The maximum Gasteiger partial charge on any atom is 0.177 e. The van der Waals surface area contributed by atoms with Gasteiger partial charge in [0.2, 0.25) is 0 Å². The Labute approximate surface area is 94.3 Å². The van der Waals surface area contributed by atoms with Crippen LogP contribution in [0.3, 0.4) is 0 Å². The molecule has 1 aliphatic rings. The van der Waals surface area contributed by atoms with Gasteiger partial charge in [-0.1, -0.05) is 6.07 Å². The van der Waals surface area contributed by atoms with Gasteiger partial charge in [0.25, 0.3) is 0 Å². The second kappa shape index (κ2) is 4.70. The lowest BCUT2D eigenvalue weighted by molar-refractivity contribution is 0.0258. The van der Waals surface area contributed by atoms with Crippen LogP contribution in [0.25, 0.3) is 0 Å². The molecule has 2 atom stereocenters. The average molecular weight is 225 g/mol. The van der Waals surface area contributed by atoms with E-state index in [9.17, 15) is 4.39 Å². The summed E-state index contributed by atoms with van der Waals surface area (Å²) in [7, 11) is 0. The molecule has 1 heterocycles. The maximum absolute atomic E-state index is 13.4. The van der Waals surface area contributed by atoms with Crippen molar-refractivity contribution in [2.45, 2.75) is 32.0 Å². The molecule has 0 bridgehead atoms. The van der Waals surface area contributed by atoms with Gasteiger partial charge in [-0.2, -0.15) is 0 Å². The first kappa shape index (κ1) is 11.2. The van der Waals surface area contributed by atoms with E-state index in [2.05, 4.69) is 0 Å². The molecule has 0 aromatic heterocycles. The molecule has 1 aromatic carbocycles. The first-order valence-corrected chi connectivity index (χ1v) is 5.49. The van der Waals surface area contributed by atoms with E-state index in [4.69, 9.17) is 15.2 Å². The van der Waals surface area contributed by atoms with Crippen molar-refractivity contribution in [2.24, 2.45) is 0 Å². The molecule has 3 nitrogen and oxygen atoms in total. The molecule has 16 heavy (non-hydrogen) atoms. The van der Waals surface area contributed by atoms with E-state index in [1.807, 2.05) is 6.92 Å². The number of nitrogens with two attached hydrogens (primary N) is 1.